The van der Waals surface area contributed by atoms with Crippen LogP contribution in [0, 0.1) is 0 Å². The number of hydrogen-bond donors (Lipinski definition) is 1. The Balaban J connectivity index is 2.81. The Kier molecular flexibility index (Phi) is 4.36. The van der Waals surface area contributed by atoms with Crippen LogP contribution in [0.4, 0.5) is 0 Å². The second-order valence-corrected chi connectivity index (χ2v) is 4.22. The van der Waals surface area contributed by atoms with Crippen LogP contribution in [0.25, 0.3) is 0 Å². The number of rotatable bonds is 4. The molecule has 1 aromatic heterocycles. The summed E-state index contributed by atoms with van der Waals surface area (Å²) in [6.45, 7) is 0.684. The first-order valence-corrected chi connectivity index (χ1v) is 5.62. The van der Waals surface area contributed by atoms with E-state index in [1.54, 1.807) is 11.3 Å². The molecule has 2 N–H and O–H groups in total. The average molecular weight is 224 g/mol. The third-order valence-corrected chi connectivity index (χ3v) is 3.55. The lowest BCUT2D eigenvalue weighted by Gasteiger charge is -1.90. The van der Waals surface area contributed by atoms with Crippen molar-refractivity contribution in [3.05, 3.63) is 21.4 Å². The highest BCUT2D eigenvalue weighted by Gasteiger charge is 2.06. The number of thiophene rings is 1. The molecule has 1 nitrogen and oxygen atoms in total. The highest BCUT2D eigenvalue weighted by atomic mass is 35.5. The van der Waals surface area contributed by atoms with Crippen LogP contribution >= 0.6 is 34.5 Å². The largest absolute Gasteiger partial charge is 0.330 e. The quantitative estimate of drug-likeness (QED) is 0.782. The van der Waals surface area contributed by atoms with Crippen LogP contribution < -0.4 is 5.73 Å². The maximum absolute atomic E-state index is 5.74. The molecule has 0 saturated carbocycles. The number of nitrogens with two attached hydrogens (primary N) is 1. The Morgan fingerprint density at radius 1 is 1.33 bits per heavy atom. The zero-order valence-electron chi connectivity index (χ0n) is 6.65. The summed E-state index contributed by atoms with van der Waals surface area (Å²) in [7, 11) is 0. The molecule has 0 aliphatic carbocycles. The molecule has 68 valence electrons. The van der Waals surface area contributed by atoms with Crippen LogP contribution in [0.15, 0.2) is 6.07 Å². The van der Waals surface area contributed by atoms with Crippen molar-refractivity contribution in [3.8, 4) is 0 Å². The zero-order chi connectivity index (χ0) is 8.97. The Hall–Kier alpha value is 0.240. The molecule has 0 aliphatic rings. The predicted molar refractivity (Wildman–Crippen MR) is 56.2 cm³/mol. The molecule has 1 heterocycles. The molecule has 4 heteroatoms. The molecule has 0 aliphatic heterocycles. The summed E-state index contributed by atoms with van der Waals surface area (Å²) in [4.78, 5) is 2.46. The first kappa shape index (κ1) is 10.3. The third kappa shape index (κ3) is 2.36. The summed E-state index contributed by atoms with van der Waals surface area (Å²) in [5.41, 5.74) is 6.60. The van der Waals surface area contributed by atoms with Gasteiger partial charge in [-0.2, -0.15) is 0 Å². The lowest BCUT2D eigenvalue weighted by molar-refractivity contribution is 0.987. The monoisotopic (exact) mass is 223 g/mol. The van der Waals surface area contributed by atoms with Crippen molar-refractivity contribution < 1.29 is 0 Å². The van der Waals surface area contributed by atoms with E-state index >= 15 is 0 Å². The van der Waals surface area contributed by atoms with Gasteiger partial charge in [0.05, 0.1) is 5.88 Å². The SMILES string of the molecule is NCCc1cc(CCl)c(CCl)s1. The van der Waals surface area contributed by atoms with E-state index < -0.39 is 0 Å². The Morgan fingerprint density at radius 2 is 2.08 bits per heavy atom. The average Bonchev–Trinajstić information content (AvgIpc) is 2.48. The summed E-state index contributed by atoms with van der Waals surface area (Å²) < 4.78 is 0. The molecule has 0 saturated heterocycles. The van der Waals surface area contributed by atoms with E-state index in [1.807, 2.05) is 0 Å². The van der Waals surface area contributed by atoms with E-state index in [0.29, 0.717) is 18.3 Å². The molecule has 0 aromatic carbocycles. The lowest BCUT2D eigenvalue weighted by Crippen LogP contribution is -2.00. The van der Waals surface area contributed by atoms with Crippen molar-refractivity contribution in [2.24, 2.45) is 5.73 Å². The lowest BCUT2D eigenvalue weighted by atomic mass is 10.2. The maximum atomic E-state index is 5.74. The van der Waals surface area contributed by atoms with E-state index in [2.05, 4.69) is 6.07 Å². The van der Waals surface area contributed by atoms with Crippen LogP contribution in [-0.4, -0.2) is 6.54 Å². The van der Waals surface area contributed by atoms with Crippen LogP contribution in [0.5, 0.6) is 0 Å². The molecular formula is C8H11Cl2NS. The van der Waals surface area contributed by atoms with Gasteiger partial charge in [0.1, 0.15) is 0 Å². The molecule has 1 rings (SSSR count). The minimum absolute atomic E-state index is 0.545. The second kappa shape index (κ2) is 5.07. The number of alkyl halides is 2. The molecule has 0 spiro atoms. The smallest absolute Gasteiger partial charge is 0.0571 e. The van der Waals surface area contributed by atoms with Gasteiger partial charge in [-0.25, -0.2) is 0 Å². The van der Waals surface area contributed by atoms with Gasteiger partial charge in [0.2, 0.25) is 0 Å². The van der Waals surface area contributed by atoms with Gasteiger partial charge in [-0.1, -0.05) is 0 Å². The van der Waals surface area contributed by atoms with Gasteiger partial charge in [0.15, 0.2) is 0 Å². The third-order valence-electron chi connectivity index (χ3n) is 1.60. The first-order chi connectivity index (χ1) is 5.81. The fraction of sp³-hybridized carbons (Fsp3) is 0.500. The van der Waals surface area contributed by atoms with Gasteiger partial charge in [0.25, 0.3) is 0 Å². The number of hydrogen-bond acceptors (Lipinski definition) is 2. The van der Waals surface area contributed by atoms with E-state index in [-0.39, 0.29) is 0 Å². The second-order valence-electron chi connectivity index (χ2n) is 2.47. The van der Waals surface area contributed by atoms with Gasteiger partial charge >= 0.3 is 0 Å². The highest BCUT2D eigenvalue weighted by molar-refractivity contribution is 7.12. The minimum Gasteiger partial charge on any atom is -0.330 e. The van der Waals surface area contributed by atoms with Crippen molar-refractivity contribution in [3.63, 3.8) is 0 Å². The van der Waals surface area contributed by atoms with Gasteiger partial charge < -0.3 is 5.73 Å². The molecule has 0 amide bonds. The van der Waals surface area contributed by atoms with E-state index in [4.69, 9.17) is 28.9 Å². The summed E-state index contributed by atoms with van der Waals surface area (Å²) in [6, 6.07) is 2.10. The standard InChI is InChI=1S/C8H11Cl2NS/c9-4-6-3-7(1-2-11)12-8(6)5-10/h3H,1-2,4-5,11H2. The van der Waals surface area contributed by atoms with Crippen molar-refractivity contribution in [1.29, 1.82) is 0 Å². The molecule has 0 fully saturated rings. The van der Waals surface area contributed by atoms with Crippen molar-refractivity contribution in [2.75, 3.05) is 6.54 Å². The van der Waals surface area contributed by atoms with Crippen LogP contribution in [-0.2, 0) is 18.2 Å². The van der Waals surface area contributed by atoms with Crippen LogP contribution in [0.1, 0.15) is 15.3 Å². The fourth-order valence-electron chi connectivity index (χ4n) is 1.02. The molecule has 12 heavy (non-hydrogen) atoms. The topological polar surface area (TPSA) is 26.0 Å². The van der Waals surface area contributed by atoms with E-state index in [9.17, 15) is 0 Å². The Labute approximate surface area is 86.5 Å². The minimum atomic E-state index is 0.545. The van der Waals surface area contributed by atoms with E-state index in [0.717, 1.165) is 12.0 Å². The molecule has 0 bridgehead atoms. The first-order valence-electron chi connectivity index (χ1n) is 3.74. The van der Waals surface area contributed by atoms with Crippen LogP contribution in [0.3, 0.4) is 0 Å². The van der Waals surface area contributed by atoms with Gasteiger partial charge in [-0.05, 0) is 24.6 Å². The summed E-state index contributed by atoms with van der Waals surface area (Å²) in [6.07, 6.45) is 0.922. The van der Waals surface area contributed by atoms with Crippen molar-refractivity contribution >= 4 is 34.5 Å². The predicted octanol–water partition coefficient (Wildman–Crippen LogP) is 2.73. The molecule has 0 unspecified atom stereocenters. The summed E-state index contributed by atoms with van der Waals surface area (Å²) in [5.74, 6) is 1.10. The normalized spacial score (nSPS) is 10.6. The van der Waals surface area contributed by atoms with Gasteiger partial charge in [-0.15, -0.1) is 34.5 Å². The van der Waals surface area contributed by atoms with Crippen molar-refractivity contribution in [1.82, 2.24) is 0 Å². The molecule has 0 radical (unpaired) electrons. The molecule has 0 atom stereocenters. The van der Waals surface area contributed by atoms with E-state index in [1.165, 1.54) is 9.75 Å². The number of halogens is 2. The Morgan fingerprint density at radius 3 is 2.50 bits per heavy atom. The van der Waals surface area contributed by atoms with Crippen LogP contribution in [0.2, 0.25) is 0 Å². The van der Waals surface area contributed by atoms with Crippen molar-refractivity contribution in [2.45, 2.75) is 18.2 Å². The fourth-order valence-corrected chi connectivity index (χ4v) is 2.73. The van der Waals surface area contributed by atoms with Gasteiger partial charge in [-0.3, -0.25) is 0 Å². The van der Waals surface area contributed by atoms with Gasteiger partial charge in [0, 0.05) is 15.6 Å². The highest BCUT2D eigenvalue weighted by Crippen LogP contribution is 2.25. The Bertz CT molecular complexity index is 226. The molecular weight excluding hydrogens is 213 g/mol. The molecule has 1 aromatic rings. The summed E-state index contributed by atoms with van der Waals surface area (Å²) >= 11 is 13.2. The maximum Gasteiger partial charge on any atom is 0.0571 e. The summed E-state index contributed by atoms with van der Waals surface area (Å²) in [5, 5.41) is 0. The zero-order valence-corrected chi connectivity index (χ0v) is 8.98.